The Kier molecular flexibility index (Phi) is 6.26. The van der Waals surface area contributed by atoms with E-state index in [9.17, 15) is 4.57 Å². The van der Waals surface area contributed by atoms with Gasteiger partial charge in [-0.1, -0.05) is 31.9 Å². The van der Waals surface area contributed by atoms with Crippen LogP contribution in [-0.2, 0) is 9.09 Å². The number of halogens is 2. The summed E-state index contributed by atoms with van der Waals surface area (Å²) in [6.45, 7) is -0.423. The molecule has 0 rings (SSSR count). The number of phosphoric ester groups is 1. The molecular weight excluding hydrogens is 331 g/mol. The van der Waals surface area contributed by atoms with Gasteiger partial charge in [0.1, 0.15) is 0 Å². The third kappa shape index (κ3) is 5.47. The van der Waals surface area contributed by atoms with E-state index < -0.39 is 13.2 Å². The molecule has 0 aliphatic carbocycles. The number of aliphatic hydroxyl groups excluding tert-OH is 1. The Bertz CT molecular complexity index is 181. The van der Waals surface area contributed by atoms with Gasteiger partial charge in [-0.25, -0.2) is 4.57 Å². The van der Waals surface area contributed by atoms with Crippen LogP contribution in [0, 0.1) is 5.41 Å². The predicted octanol–water partition coefficient (Wildman–Crippen LogP) is 0.864. The molecular formula is C5H11Br2O5P. The number of hydrogen-bond donors (Lipinski definition) is 3. The maximum absolute atomic E-state index is 10.4. The third-order valence-corrected chi connectivity index (χ3v) is 4.29. The quantitative estimate of drug-likeness (QED) is 0.493. The minimum Gasteiger partial charge on any atom is -0.396 e. The molecule has 0 aromatic heterocycles. The van der Waals surface area contributed by atoms with Crippen LogP contribution >= 0.6 is 39.7 Å². The Morgan fingerprint density at radius 2 is 1.77 bits per heavy atom. The van der Waals surface area contributed by atoms with Gasteiger partial charge in [0.05, 0.1) is 13.2 Å². The van der Waals surface area contributed by atoms with E-state index >= 15 is 0 Å². The standard InChI is InChI=1S/C5H11Br2O5P/c6-1-5(2-7,3-8)4-12-13(9,10)11/h8H,1-4H2,(H2,9,10,11). The Labute approximate surface area is 93.0 Å². The predicted molar refractivity (Wildman–Crippen MR) is 55.1 cm³/mol. The molecule has 5 nitrogen and oxygen atoms in total. The summed E-state index contributed by atoms with van der Waals surface area (Å²) in [6.07, 6.45) is 0. The zero-order valence-electron chi connectivity index (χ0n) is 6.69. The lowest BCUT2D eigenvalue weighted by atomic mass is 9.97. The van der Waals surface area contributed by atoms with Gasteiger partial charge in [0.2, 0.25) is 0 Å². The normalized spacial score (nSPS) is 13.3. The second-order valence-corrected chi connectivity index (χ2v) is 5.05. The molecule has 0 unspecified atom stereocenters. The monoisotopic (exact) mass is 340 g/mol. The first-order chi connectivity index (χ1) is 5.89. The van der Waals surface area contributed by atoms with E-state index in [4.69, 9.17) is 14.9 Å². The molecule has 0 bridgehead atoms. The van der Waals surface area contributed by atoms with Crippen LogP contribution in [0.3, 0.4) is 0 Å². The van der Waals surface area contributed by atoms with Crippen molar-refractivity contribution in [2.24, 2.45) is 5.41 Å². The molecule has 0 amide bonds. The minimum atomic E-state index is -4.45. The Hall–Kier alpha value is 1.03. The molecule has 0 heterocycles. The largest absolute Gasteiger partial charge is 0.469 e. The van der Waals surface area contributed by atoms with E-state index in [1.807, 2.05) is 0 Å². The first-order valence-corrected chi connectivity index (χ1v) is 7.09. The van der Waals surface area contributed by atoms with Crippen LogP contribution in [0.25, 0.3) is 0 Å². The molecule has 0 aromatic rings. The van der Waals surface area contributed by atoms with Crippen LogP contribution < -0.4 is 0 Å². The molecule has 0 spiro atoms. The van der Waals surface area contributed by atoms with Gasteiger partial charge in [-0.15, -0.1) is 0 Å². The highest BCUT2D eigenvalue weighted by Crippen LogP contribution is 2.38. The van der Waals surface area contributed by atoms with E-state index in [2.05, 4.69) is 36.4 Å². The number of hydrogen-bond acceptors (Lipinski definition) is 3. The van der Waals surface area contributed by atoms with Gasteiger partial charge in [0, 0.05) is 16.1 Å². The van der Waals surface area contributed by atoms with Crippen LogP contribution in [0.1, 0.15) is 0 Å². The van der Waals surface area contributed by atoms with Crippen LogP contribution in [-0.4, -0.2) is 38.8 Å². The lowest BCUT2D eigenvalue weighted by Gasteiger charge is -2.26. The molecule has 0 aliphatic heterocycles. The van der Waals surface area contributed by atoms with E-state index in [-0.39, 0.29) is 13.2 Å². The molecule has 8 heteroatoms. The highest BCUT2D eigenvalue weighted by atomic mass is 79.9. The second-order valence-electron chi connectivity index (χ2n) is 2.69. The van der Waals surface area contributed by atoms with Crippen molar-refractivity contribution in [3.8, 4) is 0 Å². The summed E-state index contributed by atoms with van der Waals surface area (Å²) < 4.78 is 14.7. The van der Waals surface area contributed by atoms with Crippen molar-refractivity contribution in [1.29, 1.82) is 0 Å². The van der Waals surface area contributed by atoms with Gasteiger partial charge >= 0.3 is 7.82 Å². The van der Waals surface area contributed by atoms with Gasteiger partial charge in [0.25, 0.3) is 0 Å². The second kappa shape index (κ2) is 5.80. The summed E-state index contributed by atoms with van der Waals surface area (Å²) in [7, 11) is -4.45. The molecule has 13 heavy (non-hydrogen) atoms. The maximum Gasteiger partial charge on any atom is 0.469 e. The summed E-state index contributed by atoms with van der Waals surface area (Å²) in [6, 6.07) is 0. The molecule has 0 aliphatic rings. The number of alkyl halides is 2. The molecule has 0 radical (unpaired) electrons. The van der Waals surface area contributed by atoms with Crippen LogP contribution in [0.2, 0.25) is 0 Å². The highest BCUT2D eigenvalue weighted by Gasteiger charge is 2.30. The first kappa shape index (κ1) is 14.0. The van der Waals surface area contributed by atoms with Gasteiger partial charge in [-0.05, 0) is 0 Å². The van der Waals surface area contributed by atoms with Gasteiger partial charge in [0.15, 0.2) is 0 Å². The van der Waals surface area contributed by atoms with E-state index in [1.165, 1.54) is 0 Å². The summed E-state index contributed by atoms with van der Waals surface area (Å²) in [5.41, 5.74) is -0.693. The third-order valence-electron chi connectivity index (χ3n) is 1.44. The van der Waals surface area contributed by atoms with Crippen LogP contribution in [0.15, 0.2) is 0 Å². The highest BCUT2D eigenvalue weighted by molar-refractivity contribution is 9.09. The maximum atomic E-state index is 10.4. The molecule has 0 aromatic carbocycles. The first-order valence-electron chi connectivity index (χ1n) is 3.32. The number of aliphatic hydroxyl groups is 1. The van der Waals surface area contributed by atoms with Gasteiger partial charge < -0.3 is 14.9 Å². The van der Waals surface area contributed by atoms with Crippen molar-refractivity contribution in [2.45, 2.75) is 0 Å². The lowest BCUT2D eigenvalue weighted by Crippen LogP contribution is -2.34. The molecule has 3 N–H and O–H groups in total. The van der Waals surface area contributed by atoms with Crippen molar-refractivity contribution in [3.05, 3.63) is 0 Å². The zero-order chi connectivity index (χ0) is 10.5. The molecule has 0 saturated heterocycles. The van der Waals surface area contributed by atoms with Crippen molar-refractivity contribution in [1.82, 2.24) is 0 Å². The van der Waals surface area contributed by atoms with Crippen LogP contribution in [0.4, 0.5) is 0 Å². The SMILES string of the molecule is O=P(O)(O)OCC(CO)(CBr)CBr. The van der Waals surface area contributed by atoms with E-state index in [0.29, 0.717) is 10.7 Å². The number of phosphoric acid groups is 1. The molecule has 0 saturated carbocycles. The Morgan fingerprint density at radius 1 is 1.31 bits per heavy atom. The topological polar surface area (TPSA) is 87.0 Å². The Balaban J connectivity index is 4.19. The van der Waals surface area contributed by atoms with Gasteiger partial charge in [-0.2, -0.15) is 0 Å². The fourth-order valence-corrected chi connectivity index (χ4v) is 2.51. The molecule has 0 atom stereocenters. The molecule has 80 valence electrons. The van der Waals surface area contributed by atoms with Crippen molar-refractivity contribution >= 4 is 39.7 Å². The van der Waals surface area contributed by atoms with Crippen molar-refractivity contribution in [3.63, 3.8) is 0 Å². The fourth-order valence-electron chi connectivity index (χ4n) is 0.464. The van der Waals surface area contributed by atoms with E-state index in [0.717, 1.165) is 0 Å². The summed E-state index contributed by atoms with van der Waals surface area (Å²) in [5, 5.41) is 9.76. The van der Waals surface area contributed by atoms with Gasteiger partial charge in [-0.3, -0.25) is 4.52 Å². The summed E-state index contributed by atoms with van der Waals surface area (Å²) in [5.74, 6) is 0. The van der Waals surface area contributed by atoms with Crippen molar-refractivity contribution in [2.75, 3.05) is 23.9 Å². The smallest absolute Gasteiger partial charge is 0.396 e. The lowest BCUT2D eigenvalue weighted by molar-refractivity contribution is 0.0852. The summed E-state index contributed by atoms with van der Waals surface area (Å²) >= 11 is 6.28. The summed E-state index contributed by atoms with van der Waals surface area (Å²) in [4.78, 5) is 16.9. The van der Waals surface area contributed by atoms with Crippen molar-refractivity contribution < 1.29 is 24.0 Å². The molecule has 0 fully saturated rings. The Morgan fingerprint density at radius 3 is 2.00 bits per heavy atom. The van der Waals surface area contributed by atoms with Crippen LogP contribution in [0.5, 0.6) is 0 Å². The average molecular weight is 342 g/mol. The number of rotatable bonds is 6. The minimum absolute atomic E-state index is 0.204. The zero-order valence-corrected chi connectivity index (χ0v) is 10.8. The van der Waals surface area contributed by atoms with E-state index in [1.54, 1.807) is 0 Å². The fraction of sp³-hybridized carbons (Fsp3) is 1.00. The average Bonchev–Trinajstić information content (AvgIpc) is 2.06.